The first-order valence-corrected chi connectivity index (χ1v) is 10.6. The number of aromatic nitrogens is 2. The Balaban J connectivity index is 1.84. The third-order valence-electron chi connectivity index (χ3n) is 5.90. The van der Waals surface area contributed by atoms with Crippen molar-refractivity contribution in [3.05, 3.63) is 85.1 Å². The van der Waals surface area contributed by atoms with Gasteiger partial charge in [0, 0.05) is 30.4 Å². The maximum absolute atomic E-state index is 5.38. The number of nitrogens with zero attached hydrogens (tertiary/aromatic N) is 3. The molecule has 3 aromatic carbocycles. The second-order valence-corrected chi connectivity index (χ2v) is 8.15. The Hall–Kier alpha value is -3.50. The van der Waals surface area contributed by atoms with E-state index >= 15 is 0 Å². The van der Waals surface area contributed by atoms with Crippen LogP contribution < -0.4 is 4.74 Å². The summed E-state index contributed by atoms with van der Waals surface area (Å²) in [7, 11) is 5.96. The van der Waals surface area contributed by atoms with Crippen LogP contribution in [0.15, 0.2) is 85.1 Å². The van der Waals surface area contributed by atoms with Gasteiger partial charge in [0.2, 0.25) is 0 Å². The highest BCUT2D eigenvalue weighted by Crippen LogP contribution is 2.40. The fourth-order valence-electron chi connectivity index (χ4n) is 4.36. The zero-order valence-corrected chi connectivity index (χ0v) is 18.2. The summed E-state index contributed by atoms with van der Waals surface area (Å²) < 4.78 is 10.2. The molecule has 2 heterocycles. The summed E-state index contributed by atoms with van der Waals surface area (Å²) in [5.41, 5.74) is 8.64. The second kappa shape index (κ2) is 7.97. The lowest BCUT2D eigenvalue weighted by Gasteiger charge is -2.13. The molecule has 0 spiro atoms. The lowest BCUT2D eigenvalue weighted by Crippen LogP contribution is -2.18. The van der Waals surface area contributed by atoms with Gasteiger partial charge in [-0.2, -0.15) is 0 Å². The van der Waals surface area contributed by atoms with Gasteiger partial charge in [0.25, 0.3) is 0 Å². The topological polar surface area (TPSA) is 21.8 Å². The van der Waals surface area contributed by atoms with Crippen LogP contribution in [-0.2, 0) is 6.54 Å². The van der Waals surface area contributed by atoms with Crippen LogP contribution >= 0.6 is 0 Å². The van der Waals surface area contributed by atoms with Gasteiger partial charge < -0.3 is 14.2 Å². The molecule has 4 heteroatoms. The predicted octanol–water partition coefficient (Wildman–Crippen LogP) is 5.80. The Morgan fingerprint density at radius 2 is 1.45 bits per heavy atom. The smallest absolute Gasteiger partial charge is 0.126 e. The molecular weight excluding hydrogens is 382 g/mol. The molecule has 4 nitrogen and oxygen atoms in total. The van der Waals surface area contributed by atoms with Crippen LogP contribution in [-0.4, -0.2) is 41.6 Å². The Labute approximate surface area is 182 Å². The van der Waals surface area contributed by atoms with E-state index in [-0.39, 0.29) is 0 Å². The van der Waals surface area contributed by atoms with E-state index in [1.54, 1.807) is 7.11 Å². The van der Waals surface area contributed by atoms with Gasteiger partial charge in [-0.3, -0.25) is 4.40 Å². The molecule has 31 heavy (non-hydrogen) atoms. The van der Waals surface area contributed by atoms with E-state index in [0.29, 0.717) is 0 Å². The molecule has 5 aromatic rings. The van der Waals surface area contributed by atoms with Crippen molar-refractivity contribution in [2.24, 2.45) is 0 Å². The van der Waals surface area contributed by atoms with Crippen molar-refractivity contribution in [2.75, 3.05) is 27.7 Å². The lowest BCUT2D eigenvalue weighted by atomic mass is 9.98. The molecule has 0 unspecified atom stereocenters. The van der Waals surface area contributed by atoms with Crippen LogP contribution in [0.5, 0.6) is 5.75 Å². The number of ether oxygens (including phenoxy) is 1. The predicted molar refractivity (Wildman–Crippen MR) is 129 cm³/mol. The van der Waals surface area contributed by atoms with E-state index in [1.165, 1.54) is 38.9 Å². The van der Waals surface area contributed by atoms with Crippen molar-refractivity contribution in [1.29, 1.82) is 0 Å². The zero-order chi connectivity index (χ0) is 21.4. The number of rotatable bonds is 6. The minimum absolute atomic E-state index is 0.870. The van der Waals surface area contributed by atoms with Gasteiger partial charge in [0.15, 0.2) is 0 Å². The van der Waals surface area contributed by atoms with Crippen LogP contribution in [0.4, 0.5) is 0 Å². The number of benzene rings is 3. The third kappa shape index (κ3) is 3.39. The average molecular weight is 410 g/mol. The molecule has 0 amide bonds. The number of methoxy groups -OCH3 is 1. The van der Waals surface area contributed by atoms with E-state index < -0.39 is 0 Å². The number of hydrogen-bond acceptors (Lipinski definition) is 2. The Kier molecular flexibility index (Phi) is 5.00. The molecule has 0 N–H and O–H groups in total. The van der Waals surface area contributed by atoms with Crippen molar-refractivity contribution in [2.45, 2.75) is 6.54 Å². The van der Waals surface area contributed by atoms with E-state index in [0.717, 1.165) is 18.8 Å². The molecule has 0 saturated heterocycles. The molecule has 0 aliphatic heterocycles. The van der Waals surface area contributed by atoms with Gasteiger partial charge in [-0.25, -0.2) is 0 Å². The van der Waals surface area contributed by atoms with E-state index in [2.05, 4.69) is 101 Å². The summed E-state index contributed by atoms with van der Waals surface area (Å²) in [5.74, 6) is 0.870. The molecule has 0 bridgehead atoms. The first-order chi connectivity index (χ1) is 15.2. The Morgan fingerprint density at radius 3 is 2.13 bits per heavy atom. The largest absolute Gasteiger partial charge is 0.497 e. The maximum Gasteiger partial charge on any atom is 0.126 e. The highest BCUT2D eigenvalue weighted by Gasteiger charge is 2.21. The minimum Gasteiger partial charge on any atom is -0.497 e. The molecule has 156 valence electrons. The molecular formula is C27H27N3O. The molecule has 0 aliphatic rings. The Morgan fingerprint density at radius 1 is 0.774 bits per heavy atom. The zero-order valence-electron chi connectivity index (χ0n) is 18.2. The van der Waals surface area contributed by atoms with E-state index in [9.17, 15) is 0 Å². The van der Waals surface area contributed by atoms with Gasteiger partial charge in [-0.05, 0) is 49.5 Å². The summed E-state index contributed by atoms with van der Waals surface area (Å²) in [4.78, 5) is 2.24. The molecule has 0 saturated carbocycles. The van der Waals surface area contributed by atoms with Crippen LogP contribution in [0.1, 0.15) is 0 Å². The summed E-state index contributed by atoms with van der Waals surface area (Å²) in [6.07, 6.45) is 2.29. The number of fused-ring (bicyclic) bond motifs is 3. The number of para-hydroxylation sites is 2. The number of imidazole rings is 1. The minimum atomic E-state index is 0.870. The van der Waals surface area contributed by atoms with Crippen LogP contribution in [0, 0.1) is 0 Å². The quantitative estimate of drug-likeness (QED) is 0.354. The van der Waals surface area contributed by atoms with Gasteiger partial charge >= 0.3 is 0 Å². The third-order valence-corrected chi connectivity index (χ3v) is 5.90. The number of likely N-dealkylation sites (N-methyl/N-ethyl adjacent to an activating group) is 1. The van der Waals surface area contributed by atoms with Crippen molar-refractivity contribution in [1.82, 2.24) is 13.9 Å². The fourth-order valence-corrected chi connectivity index (χ4v) is 4.36. The van der Waals surface area contributed by atoms with Crippen LogP contribution in [0.2, 0.25) is 0 Å². The van der Waals surface area contributed by atoms with Gasteiger partial charge in [-0.1, -0.05) is 54.6 Å². The van der Waals surface area contributed by atoms with Gasteiger partial charge in [0.1, 0.15) is 11.4 Å². The molecule has 0 fully saturated rings. The van der Waals surface area contributed by atoms with E-state index in [1.807, 2.05) is 12.1 Å². The van der Waals surface area contributed by atoms with Crippen molar-refractivity contribution >= 4 is 16.7 Å². The highest BCUT2D eigenvalue weighted by molar-refractivity contribution is 5.98. The van der Waals surface area contributed by atoms with Gasteiger partial charge in [0.05, 0.1) is 18.1 Å². The van der Waals surface area contributed by atoms with Crippen LogP contribution in [0.25, 0.3) is 38.9 Å². The standard InChI is InChI=1S/C27H27N3O/c1-28(2)17-18-29-24-11-7-8-12-25(24)30-19-23(20-13-15-22(31-3)16-14-20)26(27(29)30)21-9-5-4-6-10-21/h4-16,19H,17-18H2,1-3H3. The molecule has 0 aliphatic carbocycles. The van der Waals surface area contributed by atoms with Crippen molar-refractivity contribution in [3.8, 4) is 28.0 Å². The number of hydrogen-bond donors (Lipinski definition) is 0. The summed E-state index contributed by atoms with van der Waals surface area (Å²) in [5, 5.41) is 0. The Bertz CT molecular complexity index is 1330. The van der Waals surface area contributed by atoms with Gasteiger partial charge in [-0.15, -0.1) is 0 Å². The lowest BCUT2D eigenvalue weighted by molar-refractivity contribution is 0.389. The highest BCUT2D eigenvalue weighted by atomic mass is 16.5. The average Bonchev–Trinajstić information content (AvgIpc) is 3.33. The van der Waals surface area contributed by atoms with Crippen molar-refractivity contribution < 1.29 is 4.74 Å². The molecule has 0 atom stereocenters. The summed E-state index contributed by atoms with van der Waals surface area (Å²) >= 11 is 0. The SMILES string of the molecule is COc1ccc(-c2cn3c4ccccc4n(CCN(C)C)c3c2-c2ccccc2)cc1. The van der Waals surface area contributed by atoms with Crippen molar-refractivity contribution in [3.63, 3.8) is 0 Å². The monoisotopic (exact) mass is 409 g/mol. The normalized spacial score (nSPS) is 11.6. The first-order valence-electron chi connectivity index (χ1n) is 10.6. The second-order valence-electron chi connectivity index (χ2n) is 8.15. The van der Waals surface area contributed by atoms with Crippen LogP contribution in [0.3, 0.4) is 0 Å². The molecule has 5 rings (SSSR count). The van der Waals surface area contributed by atoms with E-state index in [4.69, 9.17) is 4.74 Å². The molecule has 0 radical (unpaired) electrons. The summed E-state index contributed by atoms with van der Waals surface area (Å²) in [6, 6.07) is 27.7. The maximum atomic E-state index is 5.38. The molecule has 2 aromatic heterocycles. The fraction of sp³-hybridized carbons (Fsp3) is 0.185. The first kappa shape index (κ1) is 19.5. The summed E-state index contributed by atoms with van der Waals surface area (Å²) in [6.45, 7) is 1.90.